The molecular formula is C51H32N4OS. The van der Waals surface area contributed by atoms with Gasteiger partial charge in [-0.3, -0.25) is 0 Å². The molecule has 0 amide bonds. The second kappa shape index (κ2) is 12.6. The lowest BCUT2D eigenvalue weighted by molar-refractivity contribution is 0.663. The van der Waals surface area contributed by atoms with Crippen molar-refractivity contribution in [3.63, 3.8) is 0 Å². The van der Waals surface area contributed by atoms with E-state index in [-0.39, 0.29) is 6.17 Å². The Kier molecular flexibility index (Phi) is 7.09. The van der Waals surface area contributed by atoms with E-state index >= 15 is 0 Å². The van der Waals surface area contributed by atoms with Crippen molar-refractivity contribution in [2.75, 3.05) is 0 Å². The minimum absolute atomic E-state index is 0.324. The lowest BCUT2D eigenvalue weighted by Crippen LogP contribution is -2.33. The summed E-state index contributed by atoms with van der Waals surface area (Å²) in [4.78, 5) is 10.1. The summed E-state index contributed by atoms with van der Waals surface area (Å²) >= 11 is 1.85. The van der Waals surface area contributed by atoms with Gasteiger partial charge in [0.15, 0.2) is 5.84 Å². The Bertz CT molecular complexity index is 3390. The number of aliphatic imine (C=N–C) groups is 2. The molecule has 8 aromatic carbocycles. The van der Waals surface area contributed by atoms with E-state index in [4.69, 9.17) is 14.4 Å². The molecule has 4 heterocycles. The zero-order valence-electron chi connectivity index (χ0n) is 30.6. The molecule has 0 aliphatic carbocycles. The third kappa shape index (κ3) is 5.22. The van der Waals surface area contributed by atoms with Crippen LogP contribution in [0.25, 0.3) is 80.7 Å². The van der Waals surface area contributed by atoms with Crippen LogP contribution in [0.3, 0.4) is 0 Å². The van der Waals surface area contributed by atoms with Gasteiger partial charge in [-0.2, -0.15) is 0 Å². The molecule has 1 atom stereocenters. The number of aromatic nitrogens is 1. The fraction of sp³-hybridized carbons (Fsp3) is 0.0196. The van der Waals surface area contributed by atoms with Gasteiger partial charge in [-0.05, 0) is 77.4 Å². The normalized spacial score (nSPS) is 14.5. The Morgan fingerprint density at radius 1 is 0.474 bits per heavy atom. The van der Waals surface area contributed by atoms with E-state index in [2.05, 4.69) is 155 Å². The summed E-state index contributed by atoms with van der Waals surface area (Å²) in [7, 11) is 0. The van der Waals surface area contributed by atoms with E-state index < -0.39 is 0 Å². The molecule has 268 valence electrons. The average Bonchev–Trinajstić information content (AvgIpc) is 3.95. The van der Waals surface area contributed by atoms with Crippen molar-refractivity contribution in [3.8, 4) is 16.8 Å². The van der Waals surface area contributed by atoms with Gasteiger partial charge in [0.2, 0.25) is 0 Å². The molecule has 0 radical (unpaired) electrons. The number of thiophene rings is 1. The standard InChI is InChI=1S/C51H32N4OS/c1-3-11-31(12-4-1)49-52-50(32-13-5-2-6-14-32)54-51(53-49)35-20-25-46-41(29-35)40-27-33(19-24-45(40)56-46)34-21-26-47-42(28-34)39-23-22-36(30-48(39)57-47)55-43-17-9-7-15-37(43)38-16-8-10-18-44(38)55/h1-30,51H,(H,52,53,54). The Balaban J connectivity index is 0.929. The summed E-state index contributed by atoms with van der Waals surface area (Å²) in [6, 6.07) is 64.5. The van der Waals surface area contributed by atoms with Crippen molar-refractivity contribution >= 4 is 86.9 Å². The van der Waals surface area contributed by atoms with Crippen LogP contribution in [-0.2, 0) is 0 Å². The summed E-state index contributed by atoms with van der Waals surface area (Å²) in [5.41, 5.74) is 10.7. The molecule has 1 N–H and O–H groups in total. The quantitative estimate of drug-likeness (QED) is 0.191. The largest absolute Gasteiger partial charge is 0.456 e. The minimum Gasteiger partial charge on any atom is -0.456 e. The maximum absolute atomic E-state index is 6.40. The first kappa shape index (κ1) is 32.0. The highest BCUT2D eigenvalue weighted by Crippen LogP contribution is 2.41. The van der Waals surface area contributed by atoms with E-state index in [1.54, 1.807) is 0 Å². The van der Waals surface area contributed by atoms with Crippen molar-refractivity contribution in [2.24, 2.45) is 9.98 Å². The Labute approximate surface area is 331 Å². The van der Waals surface area contributed by atoms with Crippen LogP contribution in [0.15, 0.2) is 196 Å². The van der Waals surface area contributed by atoms with Gasteiger partial charge < -0.3 is 14.3 Å². The number of benzene rings is 8. The second-order valence-electron chi connectivity index (χ2n) is 14.6. The smallest absolute Gasteiger partial charge is 0.159 e. The highest BCUT2D eigenvalue weighted by molar-refractivity contribution is 7.25. The minimum atomic E-state index is -0.324. The van der Waals surface area contributed by atoms with Crippen LogP contribution in [0.2, 0.25) is 0 Å². The van der Waals surface area contributed by atoms with E-state index in [0.717, 1.165) is 50.0 Å². The summed E-state index contributed by atoms with van der Waals surface area (Å²) in [6.07, 6.45) is -0.324. The van der Waals surface area contributed by atoms with Gasteiger partial charge >= 0.3 is 0 Å². The van der Waals surface area contributed by atoms with Crippen molar-refractivity contribution in [1.29, 1.82) is 0 Å². The molecular weight excluding hydrogens is 717 g/mol. The van der Waals surface area contributed by atoms with Crippen molar-refractivity contribution in [1.82, 2.24) is 9.88 Å². The second-order valence-corrected chi connectivity index (χ2v) is 15.7. The number of fused-ring (bicyclic) bond motifs is 9. The van der Waals surface area contributed by atoms with Gasteiger partial charge in [0.05, 0.1) is 11.0 Å². The number of para-hydroxylation sites is 2. The summed E-state index contributed by atoms with van der Waals surface area (Å²) in [6.45, 7) is 0. The Hall–Kier alpha value is -7.28. The fourth-order valence-electron chi connectivity index (χ4n) is 8.51. The van der Waals surface area contributed by atoms with Gasteiger partial charge in [0, 0.05) is 58.5 Å². The van der Waals surface area contributed by atoms with E-state index in [0.29, 0.717) is 5.84 Å². The van der Waals surface area contributed by atoms with E-state index in [1.165, 1.54) is 53.2 Å². The lowest BCUT2D eigenvalue weighted by Gasteiger charge is -2.23. The van der Waals surface area contributed by atoms with Crippen LogP contribution in [-0.4, -0.2) is 16.2 Å². The van der Waals surface area contributed by atoms with Crippen LogP contribution < -0.4 is 5.32 Å². The van der Waals surface area contributed by atoms with Gasteiger partial charge in [-0.15, -0.1) is 11.3 Å². The first-order valence-corrected chi connectivity index (χ1v) is 20.0. The van der Waals surface area contributed by atoms with Crippen molar-refractivity contribution in [2.45, 2.75) is 6.17 Å². The van der Waals surface area contributed by atoms with E-state index in [1.807, 2.05) is 47.7 Å². The number of rotatable bonds is 5. The predicted molar refractivity (Wildman–Crippen MR) is 238 cm³/mol. The molecule has 0 saturated carbocycles. The first-order valence-electron chi connectivity index (χ1n) is 19.2. The summed E-state index contributed by atoms with van der Waals surface area (Å²) in [5.74, 6) is 1.50. The molecule has 0 saturated heterocycles. The molecule has 1 aliphatic heterocycles. The van der Waals surface area contributed by atoms with Crippen molar-refractivity contribution < 1.29 is 4.42 Å². The molecule has 1 aliphatic rings. The zero-order chi connectivity index (χ0) is 37.5. The molecule has 1 unspecified atom stereocenters. The molecule has 6 heteroatoms. The molecule has 12 rings (SSSR count). The number of hydrogen-bond acceptors (Lipinski definition) is 5. The monoisotopic (exact) mass is 748 g/mol. The maximum atomic E-state index is 6.40. The van der Waals surface area contributed by atoms with Gasteiger partial charge in [0.1, 0.15) is 23.2 Å². The summed E-state index contributed by atoms with van der Waals surface area (Å²) < 4.78 is 11.3. The van der Waals surface area contributed by atoms with Gasteiger partial charge in [0.25, 0.3) is 0 Å². The highest BCUT2D eigenvalue weighted by atomic mass is 32.1. The maximum Gasteiger partial charge on any atom is 0.159 e. The predicted octanol–water partition coefficient (Wildman–Crippen LogP) is 13.2. The third-order valence-corrected chi connectivity index (χ3v) is 12.4. The molecule has 3 aromatic heterocycles. The molecule has 57 heavy (non-hydrogen) atoms. The topological polar surface area (TPSA) is 54.8 Å². The van der Waals surface area contributed by atoms with Crippen LogP contribution in [0.4, 0.5) is 0 Å². The van der Waals surface area contributed by atoms with Crippen LogP contribution in [0.1, 0.15) is 22.9 Å². The number of furan rings is 1. The number of hydrogen-bond donors (Lipinski definition) is 1. The molecule has 0 bridgehead atoms. The fourth-order valence-corrected chi connectivity index (χ4v) is 9.63. The Morgan fingerprint density at radius 2 is 1.11 bits per heavy atom. The molecule has 0 fully saturated rings. The first-order chi connectivity index (χ1) is 28.2. The SMILES string of the molecule is c1ccc(C2=NC(c3ccc4oc5ccc(-c6ccc7sc8cc(-n9c%10ccccc%10c%10ccccc%109)ccc8c7c6)cc5c4c3)NC(c3ccccc3)=N2)cc1. The third-order valence-electron chi connectivity index (χ3n) is 11.3. The van der Waals surface area contributed by atoms with Gasteiger partial charge in [-0.25, -0.2) is 9.98 Å². The summed E-state index contributed by atoms with van der Waals surface area (Å²) in [5, 5.41) is 10.8. The van der Waals surface area contributed by atoms with Crippen molar-refractivity contribution in [3.05, 3.63) is 199 Å². The number of amidine groups is 2. The van der Waals surface area contributed by atoms with Crippen LogP contribution >= 0.6 is 11.3 Å². The molecule has 0 spiro atoms. The highest BCUT2D eigenvalue weighted by Gasteiger charge is 2.22. The van der Waals surface area contributed by atoms with Gasteiger partial charge in [-0.1, -0.05) is 121 Å². The molecule has 11 aromatic rings. The number of nitrogens with one attached hydrogen (secondary N) is 1. The van der Waals surface area contributed by atoms with E-state index in [9.17, 15) is 0 Å². The lowest BCUT2D eigenvalue weighted by atomic mass is 10.00. The van der Waals surface area contributed by atoms with Crippen LogP contribution in [0.5, 0.6) is 0 Å². The Morgan fingerprint density at radius 3 is 1.86 bits per heavy atom. The van der Waals surface area contributed by atoms with Crippen LogP contribution in [0, 0.1) is 0 Å². The molecule has 5 nitrogen and oxygen atoms in total. The average molecular weight is 749 g/mol. The zero-order valence-corrected chi connectivity index (χ0v) is 31.4. The number of nitrogens with zero attached hydrogens (tertiary/aromatic N) is 3.